The predicted molar refractivity (Wildman–Crippen MR) is 173 cm³/mol. The molecule has 4 rings (SSSR count). The number of allylic oxidation sites excluding steroid dienone is 4. The monoisotopic (exact) mass is 565 g/mol. The predicted octanol–water partition coefficient (Wildman–Crippen LogP) is 8.18. The third kappa shape index (κ3) is 11.7. The molecule has 0 aliphatic carbocycles. The van der Waals surface area contributed by atoms with E-state index in [0.29, 0.717) is 37.9 Å². The Balaban J connectivity index is 0.00000110. The molecule has 2 aromatic carbocycles. The summed E-state index contributed by atoms with van der Waals surface area (Å²) < 4.78 is 20.5. The summed E-state index contributed by atoms with van der Waals surface area (Å²) in [4.78, 5) is 10.6. The third-order valence-electron chi connectivity index (χ3n) is 7.11. The maximum absolute atomic E-state index is 15.1. The second-order valence-electron chi connectivity index (χ2n) is 10.1. The van der Waals surface area contributed by atoms with E-state index < -0.39 is 0 Å². The van der Waals surface area contributed by atoms with Gasteiger partial charge in [-0.25, -0.2) is 9.45 Å². The van der Waals surface area contributed by atoms with Gasteiger partial charge in [0.2, 0.25) is 0 Å². The number of piperidine rings is 1. The highest BCUT2D eigenvalue weighted by atomic mass is 19.1. The molecule has 2 saturated heterocycles. The van der Waals surface area contributed by atoms with Crippen molar-refractivity contribution >= 4 is 11.4 Å². The summed E-state index contributed by atoms with van der Waals surface area (Å²) in [7, 11) is 0. The van der Waals surface area contributed by atoms with E-state index in [9.17, 15) is 0 Å². The molecule has 0 bridgehead atoms. The van der Waals surface area contributed by atoms with Gasteiger partial charge in [-0.3, -0.25) is 4.90 Å². The van der Waals surface area contributed by atoms with Crippen LogP contribution in [0.3, 0.4) is 0 Å². The molecule has 5 nitrogen and oxygen atoms in total. The first-order valence-corrected chi connectivity index (χ1v) is 15.3. The molecule has 0 N–H and O–H groups in total. The van der Waals surface area contributed by atoms with E-state index in [4.69, 9.17) is 9.57 Å². The lowest BCUT2D eigenvalue weighted by atomic mass is 9.96. The van der Waals surface area contributed by atoms with Gasteiger partial charge >= 0.3 is 0 Å². The number of halogens is 1. The highest BCUT2D eigenvalue weighted by Crippen LogP contribution is 2.28. The smallest absolute Gasteiger partial charge is 0.148 e. The van der Waals surface area contributed by atoms with Gasteiger partial charge in [0.25, 0.3) is 0 Å². The van der Waals surface area contributed by atoms with Crippen LogP contribution in [0.5, 0.6) is 0 Å². The normalized spacial score (nSPS) is 16.1. The first-order chi connectivity index (χ1) is 20.1. The van der Waals surface area contributed by atoms with E-state index in [1.165, 1.54) is 11.1 Å². The second-order valence-corrected chi connectivity index (χ2v) is 10.1. The fourth-order valence-corrected chi connectivity index (χ4v) is 4.89. The SMILES string of the molecule is C/C=C/C=C/ON(CC1CCN(Cc2ccc(CC)cc2)CC1)c1ccc(N2CCOCC2)c(F)c1.C=CC.CC. The Labute approximate surface area is 248 Å². The Morgan fingerprint density at radius 3 is 2.20 bits per heavy atom. The van der Waals surface area contributed by atoms with Crippen LogP contribution in [0.4, 0.5) is 15.8 Å². The number of likely N-dealkylation sites (tertiary alicyclic amines) is 1. The molecule has 2 fully saturated rings. The zero-order valence-electron chi connectivity index (χ0n) is 26.0. The van der Waals surface area contributed by atoms with Crippen molar-refractivity contribution in [1.82, 2.24) is 4.90 Å². The van der Waals surface area contributed by atoms with Gasteiger partial charge in [0.1, 0.15) is 12.1 Å². The van der Waals surface area contributed by atoms with Crippen molar-refractivity contribution < 1.29 is 14.0 Å². The molecule has 226 valence electrons. The van der Waals surface area contributed by atoms with E-state index in [1.807, 2.05) is 68.0 Å². The third-order valence-corrected chi connectivity index (χ3v) is 7.11. The number of benzene rings is 2. The highest BCUT2D eigenvalue weighted by Gasteiger charge is 2.24. The number of anilines is 2. The summed E-state index contributed by atoms with van der Waals surface area (Å²) in [6, 6.07) is 14.4. The minimum Gasteiger partial charge on any atom is -0.387 e. The van der Waals surface area contributed by atoms with Crippen LogP contribution in [-0.4, -0.2) is 50.8 Å². The van der Waals surface area contributed by atoms with Crippen molar-refractivity contribution in [3.05, 3.63) is 96.6 Å². The quantitative estimate of drug-likeness (QED) is 0.125. The number of morpholine rings is 1. The van der Waals surface area contributed by atoms with Gasteiger partial charge in [-0.1, -0.05) is 63.3 Å². The molecular weight excluding hydrogens is 513 g/mol. The topological polar surface area (TPSA) is 28.2 Å². The molecule has 0 radical (unpaired) electrons. The van der Waals surface area contributed by atoms with Gasteiger partial charge in [-0.2, -0.15) is 0 Å². The van der Waals surface area contributed by atoms with Crippen LogP contribution in [0.25, 0.3) is 0 Å². The Bertz CT molecular complexity index is 1040. The number of hydroxylamine groups is 1. The average molecular weight is 566 g/mol. The van der Waals surface area contributed by atoms with Crippen LogP contribution in [-0.2, 0) is 22.5 Å². The Morgan fingerprint density at radius 2 is 1.61 bits per heavy atom. The van der Waals surface area contributed by atoms with Crippen LogP contribution in [0.2, 0.25) is 0 Å². The maximum atomic E-state index is 15.1. The standard InChI is InChI=1S/C30H40FN3O2.C3H6.C2H6/c1-3-5-6-19-36-34(28-11-12-30(29(31)22-28)33-17-20-35-21-18-33)24-27-13-15-32(16-14-27)23-26-9-7-25(4-2)8-10-26;1-3-2;1-2/h3,5-12,19,22,27H,4,13-18,20-21,23-24H2,1-2H3;3H,1H2,2H3;1-2H3/b5-3+,19-6+;;. The number of hydrogen-bond acceptors (Lipinski definition) is 5. The molecule has 0 amide bonds. The fourth-order valence-electron chi connectivity index (χ4n) is 4.89. The van der Waals surface area contributed by atoms with Crippen molar-refractivity contribution in [3.8, 4) is 0 Å². The molecule has 0 saturated carbocycles. The molecule has 0 spiro atoms. The molecule has 0 atom stereocenters. The van der Waals surface area contributed by atoms with E-state index in [-0.39, 0.29) is 5.82 Å². The highest BCUT2D eigenvalue weighted by molar-refractivity contribution is 5.57. The largest absolute Gasteiger partial charge is 0.387 e. The van der Waals surface area contributed by atoms with Crippen LogP contribution in [0.15, 0.2) is 79.6 Å². The van der Waals surface area contributed by atoms with Crippen molar-refractivity contribution in [1.29, 1.82) is 0 Å². The first kappa shape index (κ1) is 34.1. The average Bonchev–Trinajstić information content (AvgIpc) is 3.02. The lowest BCUT2D eigenvalue weighted by Gasteiger charge is -2.35. The number of hydrogen-bond donors (Lipinski definition) is 0. The van der Waals surface area contributed by atoms with Crippen LogP contribution in [0, 0.1) is 11.7 Å². The minimum atomic E-state index is -0.218. The Morgan fingerprint density at radius 1 is 0.976 bits per heavy atom. The van der Waals surface area contributed by atoms with Gasteiger partial charge in [0.15, 0.2) is 0 Å². The second kappa shape index (κ2) is 19.9. The summed E-state index contributed by atoms with van der Waals surface area (Å²) in [5.74, 6) is 0.269. The molecule has 2 aliphatic rings. The zero-order chi connectivity index (χ0) is 29.9. The van der Waals surface area contributed by atoms with Gasteiger partial charge in [0.05, 0.1) is 31.1 Å². The molecule has 0 aromatic heterocycles. The van der Waals surface area contributed by atoms with Crippen molar-refractivity contribution in [2.45, 2.75) is 60.4 Å². The van der Waals surface area contributed by atoms with Crippen molar-refractivity contribution in [2.75, 3.05) is 55.9 Å². The van der Waals surface area contributed by atoms with Crippen molar-refractivity contribution in [3.63, 3.8) is 0 Å². The number of aryl methyl sites for hydroxylation is 1. The van der Waals surface area contributed by atoms with Crippen molar-refractivity contribution in [2.24, 2.45) is 5.92 Å². The van der Waals surface area contributed by atoms with Gasteiger partial charge < -0.3 is 14.5 Å². The van der Waals surface area contributed by atoms with E-state index >= 15 is 4.39 Å². The van der Waals surface area contributed by atoms with E-state index in [0.717, 1.165) is 51.1 Å². The molecule has 2 aliphatic heterocycles. The fraction of sp³-hybridized carbons (Fsp3) is 0.486. The number of ether oxygens (including phenoxy) is 1. The number of nitrogens with zero attached hydrogens (tertiary/aromatic N) is 3. The maximum Gasteiger partial charge on any atom is 0.148 e. The Hall–Kier alpha value is -3.09. The number of rotatable bonds is 10. The molecule has 6 heteroatoms. The van der Waals surface area contributed by atoms with Gasteiger partial charge in [-0.05, 0) is 81.5 Å². The van der Waals surface area contributed by atoms with Crippen LogP contribution < -0.4 is 9.96 Å². The van der Waals surface area contributed by atoms with Crippen LogP contribution >= 0.6 is 0 Å². The summed E-state index contributed by atoms with van der Waals surface area (Å²) in [6.07, 6.45) is 12.4. The lowest BCUT2D eigenvalue weighted by molar-refractivity contribution is 0.122. The lowest BCUT2D eigenvalue weighted by Crippen LogP contribution is -2.38. The Kier molecular flexibility index (Phi) is 16.6. The first-order valence-electron chi connectivity index (χ1n) is 15.3. The zero-order valence-corrected chi connectivity index (χ0v) is 26.0. The minimum absolute atomic E-state index is 0.218. The van der Waals surface area contributed by atoms with E-state index in [1.54, 1.807) is 18.4 Å². The summed E-state index contributed by atoms with van der Waals surface area (Å²) in [6.45, 7) is 20.0. The van der Waals surface area contributed by atoms with Gasteiger partial charge in [0, 0.05) is 25.7 Å². The van der Waals surface area contributed by atoms with Crippen LogP contribution in [0.1, 0.15) is 58.6 Å². The summed E-state index contributed by atoms with van der Waals surface area (Å²) in [5, 5.41) is 1.84. The molecule has 41 heavy (non-hydrogen) atoms. The summed E-state index contributed by atoms with van der Waals surface area (Å²) >= 11 is 0. The molecular formula is C35H52FN3O2. The molecule has 2 heterocycles. The molecule has 2 aromatic rings. The van der Waals surface area contributed by atoms with E-state index in [2.05, 4.69) is 42.7 Å². The van der Waals surface area contributed by atoms with Gasteiger partial charge in [-0.15, -0.1) is 6.58 Å². The molecule has 0 unspecified atom stereocenters. The summed E-state index contributed by atoms with van der Waals surface area (Å²) in [5.41, 5.74) is 4.14.